The van der Waals surface area contributed by atoms with Gasteiger partial charge in [-0.25, -0.2) is 22.4 Å². The zero-order valence-corrected chi connectivity index (χ0v) is 28.4. The summed E-state index contributed by atoms with van der Waals surface area (Å²) in [7, 11) is -3.89. The van der Waals surface area contributed by atoms with Gasteiger partial charge in [-0.05, 0) is 36.8 Å². The minimum atomic E-state index is -3.89. The van der Waals surface area contributed by atoms with Gasteiger partial charge in [0.2, 0.25) is 27.7 Å². The van der Waals surface area contributed by atoms with Crippen LogP contribution in [0, 0.1) is 23.1 Å². The first-order valence-corrected chi connectivity index (χ1v) is 18.5. The number of likely N-dealkylation sites (tertiary alicyclic amines) is 2. The molecule has 7 rings (SSSR count). The van der Waals surface area contributed by atoms with E-state index < -0.39 is 92.1 Å². The molecule has 268 valence electrons. The molecule has 0 aromatic heterocycles. The minimum absolute atomic E-state index is 0.00601. The predicted octanol–water partition coefficient (Wildman–Crippen LogP) is 1.56. The van der Waals surface area contributed by atoms with Crippen molar-refractivity contribution in [3.05, 3.63) is 47.8 Å². The van der Waals surface area contributed by atoms with Gasteiger partial charge in [-0.15, -0.1) is 6.58 Å². The van der Waals surface area contributed by atoms with Crippen LogP contribution in [0.4, 0.5) is 9.18 Å². The van der Waals surface area contributed by atoms with E-state index in [0.717, 1.165) is 0 Å². The van der Waals surface area contributed by atoms with Gasteiger partial charge in [-0.3, -0.25) is 28.8 Å². The molecule has 4 heterocycles. The maximum absolute atomic E-state index is 14.3. The lowest BCUT2D eigenvalue weighted by molar-refractivity contribution is -0.157. The fraction of sp³-hybridized carbons (Fsp3) is 0.588. The topological polar surface area (TPSA) is 177 Å². The molecule has 1 aromatic rings. The predicted molar refractivity (Wildman–Crippen MR) is 170 cm³/mol. The van der Waals surface area contributed by atoms with Gasteiger partial charge in [0.25, 0.3) is 0 Å². The van der Waals surface area contributed by atoms with Crippen molar-refractivity contribution in [3.63, 3.8) is 0 Å². The Balaban J connectivity index is 1.07. The molecule has 7 atom stereocenters. The van der Waals surface area contributed by atoms with Crippen molar-refractivity contribution in [3.8, 4) is 0 Å². The third-order valence-corrected chi connectivity index (χ3v) is 12.8. The molecule has 14 nitrogen and oxygen atoms in total. The van der Waals surface area contributed by atoms with Crippen LogP contribution in [0.2, 0.25) is 0 Å². The molecule has 1 unspecified atom stereocenters. The SMILES string of the molecule is C=C[C@@H]1C[C@]1(CC(=O)[C@@H]1CC(OC(=O)N2Cc3cccc(F)c3C2)CN1C(=O)[C@@H](C)CC(=O)N1C[C@H]2C[C@H]1C(=O)O2)C(=O)NS(=O)(=O)C1CC1. The fourth-order valence-corrected chi connectivity index (χ4v) is 9.23. The first kappa shape index (κ1) is 34.1. The summed E-state index contributed by atoms with van der Waals surface area (Å²) in [6.07, 6.45) is 0.234. The third-order valence-electron chi connectivity index (χ3n) is 11.0. The largest absolute Gasteiger partial charge is 0.459 e. The number of nitrogens with zero attached hydrogens (tertiary/aromatic N) is 3. The number of ether oxygens (including phenoxy) is 2. The Kier molecular flexibility index (Phi) is 8.50. The van der Waals surface area contributed by atoms with Crippen molar-refractivity contribution >= 4 is 45.6 Å². The third kappa shape index (κ3) is 6.15. The first-order valence-electron chi connectivity index (χ1n) is 16.9. The van der Waals surface area contributed by atoms with E-state index in [4.69, 9.17) is 9.47 Å². The number of carbonyl (C=O) groups is 6. The number of fused-ring (bicyclic) bond motifs is 3. The maximum atomic E-state index is 14.3. The van der Waals surface area contributed by atoms with Gasteiger partial charge in [0.05, 0.1) is 36.3 Å². The molecule has 4 aliphatic heterocycles. The van der Waals surface area contributed by atoms with Gasteiger partial charge in [0, 0.05) is 43.7 Å². The molecule has 50 heavy (non-hydrogen) atoms. The van der Waals surface area contributed by atoms with Crippen molar-refractivity contribution in [2.24, 2.45) is 17.3 Å². The summed E-state index contributed by atoms with van der Waals surface area (Å²) < 4.78 is 52.6. The number of amides is 4. The molecule has 1 N–H and O–H groups in total. The van der Waals surface area contributed by atoms with Gasteiger partial charge in [-0.2, -0.15) is 0 Å². The number of hydrogen-bond donors (Lipinski definition) is 1. The summed E-state index contributed by atoms with van der Waals surface area (Å²) in [5, 5.41) is -0.649. The molecule has 3 saturated heterocycles. The van der Waals surface area contributed by atoms with Crippen LogP contribution in [0.1, 0.15) is 63.0 Å². The van der Waals surface area contributed by atoms with E-state index in [9.17, 15) is 41.6 Å². The molecule has 2 aliphatic carbocycles. The molecule has 6 aliphatic rings. The number of morpholine rings is 1. The molecule has 4 amide bonds. The zero-order valence-electron chi connectivity index (χ0n) is 27.5. The van der Waals surface area contributed by atoms with Crippen LogP contribution in [0.15, 0.2) is 30.9 Å². The number of hydrogen-bond acceptors (Lipinski definition) is 10. The average molecular weight is 715 g/mol. The quantitative estimate of drug-likeness (QED) is 0.262. The van der Waals surface area contributed by atoms with Gasteiger partial charge < -0.3 is 19.3 Å². The maximum Gasteiger partial charge on any atom is 0.410 e. The van der Waals surface area contributed by atoms with Gasteiger partial charge in [-0.1, -0.05) is 25.1 Å². The number of ketones is 1. The Morgan fingerprint density at radius 1 is 1.14 bits per heavy atom. The molecule has 0 spiro atoms. The number of sulfonamides is 1. The van der Waals surface area contributed by atoms with Crippen LogP contribution in [0.3, 0.4) is 0 Å². The molecular weight excluding hydrogens is 675 g/mol. The summed E-state index contributed by atoms with van der Waals surface area (Å²) in [6, 6.07) is 2.75. The van der Waals surface area contributed by atoms with E-state index in [2.05, 4.69) is 11.3 Å². The fourth-order valence-electron chi connectivity index (χ4n) is 7.84. The Bertz CT molecular complexity index is 1800. The van der Waals surface area contributed by atoms with Crippen LogP contribution < -0.4 is 4.72 Å². The second-order valence-electron chi connectivity index (χ2n) is 14.5. The highest BCUT2D eigenvalue weighted by Crippen LogP contribution is 2.57. The van der Waals surface area contributed by atoms with E-state index in [1.165, 1.54) is 33.8 Å². The molecule has 5 fully saturated rings. The number of allylic oxidation sites excluding steroid dienone is 1. The minimum Gasteiger partial charge on any atom is -0.459 e. The number of esters is 1. The average Bonchev–Trinajstić information content (AvgIpc) is 3.82. The molecule has 16 heteroatoms. The van der Waals surface area contributed by atoms with Crippen molar-refractivity contribution in [1.29, 1.82) is 0 Å². The monoisotopic (exact) mass is 714 g/mol. The van der Waals surface area contributed by atoms with E-state index in [1.54, 1.807) is 12.1 Å². The number of nitrogens with one attached hydrogen (secondary N) is 1. The van der Waals surface area contributed by atoms with Gasteiger partial charge >= 0.3 is 12.1 Å². The Morgan fingerprint density at radius 3 is 2.54 bits per heavy atom. The molecule has 2 bridgehead atoms. The summed E-state index contributed by atoms with van der Waals surface area (Å²) in [6.45, 7) is 5.47. The summed E-state index contributed by atoms with van der Waals surface area (Å²) in [5.74, 6) is -4.56. The Labute approximate surface area is 288 Å². The molecule has 1 aromatic carbocycles. The standard InChI is InChI=1S/C34H39FN4O10S/c1-3-20-12-34(20,32(44)36-50(46,47)23-7-8-23)13-28(40)26-10-22(49-33(45)37-14-19-5-4-6-25(35)24(19)17-37)16-39(26)30(42)18(2)9-29(41)38-15-21-11-27(38)31(43)48-21/h3-6,18,20-23,26-27H,1,7-17H2,2H3,(H,36,44)/t18-,20+,21+,22?,26-,27-,34+/m0/s1. The van der Waals surface area contributed by atoms with E-state index in [0.29, 0.717) is 30.4 Å². The number of rotatable bonds is 11. The lowest BCUT2D eigenvalue weighted by atomic mass is 9.91. The van der Waals surface area contributed by atoms with Crippen molar-refractivity contribution < 1.29 is 51.0 Å². The lowest BCUT2D eigenvalue weighted by Gasteiger charge is -2.29. The Morgan fingerprint density at radius 2 is 1.90 bits per heavy atom. The van der Waals surface area contributed by atoms with Crippen LogP contribution in [-0.2, 0) is 56.6 Å². The summed E-state index contributed by atoms with van der Waals surface area (Å²) in [4.78, 5) is 83.9. The smallest absolute Gasteiger partial charge is 0.410 e. The Hall–Kier alpha value is -4.34. The summed E-state index contributed by atoms with van der Waals surface area (Å²) >= 11 is 0. The highest BCUT2D eigenvalue weighted by atomic mass is 32.2. The van der Waals surface area contributed by atoms with Gasteiger partial charge in [0.15, 0.2) is 5.78 Å². The van der Waals surface area contributed by atoms with Crippen LogP contribution in [-0.4, -0.2) is 101 Å². The first-order chi connectivity index (χ1) is 23.7. The number of benzene rings is 1. The van der Waals surface area contributed by atoms with Crippen LogP contribution in [0.5, 0.6) is 0 Å². The van der Waals surface area contributed by atoms with E-state index >= 15 is 0 Å². The number of Topliss-reactive ketones (excluding diaryl/α,β-unsaturated/α-hetero) is 1. The second kappa shape index (κ2) is 12.5. The number of halogens is 1. The van der Waals surface area contributed by atoms with Crippen molar-refractivity contribution in [2.45, 2.75) is 94.5 Å². The molecule has 0 radical (unpaired) electrons. The van der Waals surface area contributed by atoms with Crippen molar-refractivity contribution in [2.75, 3.05) is 13.1 Å². The van der Waals surface area contributed by atoms with E-state index in [-0.39, 0.29) is 58.0 Å². The van der Waals surface area contributed by atoms with E-state index in [1.807, 2.05) is 0 Å². The van der Waals surface area contributed by atoms with Crippen LogP contribution in [0.25, 0.3) is 0 Å². The van der Waals surface area contributed by atoms with Crippen LogP contribution >= 0.6 is 0 Å². The highest BCUT2D eigenvalue weighted by molar-refractivity contribution is 7.90. The second-order valence-corrected chi connectivity index (χ2v) is 16.4. The molecule has 2 saturated carbocycles. The van der Waals surface area contributed by atoms with Crippen molar-refractivity contribution in [1.82, 2.24) is 19.4 Å². The zero-order chi connectivity index (χ0) is 35.7. The number of carbonyl (C=O) groups excluding carboxylic acids is 6. The summed E-state index contributed by atoms with van der Waals surface area (Å²) in [5.41, 5.74) is -0.335. The normalized spacial score (nSPS) is 30.1. The highest BCUT2D eigenvalue weighted by Gasteiger charge is 2.61. The molecular formula is C34H39FN4O10S. The lowest BCUT2D eigenvalue weighted by Crippen LogP contribution is -2.48. The van der Waals surface area contributed by atoms with Gasteiger partial charge in [0.1, 0.15) is 24.1 Å².